The molecule has 0 aliphatic heterocycles. The summed E-state index contributed by atoms with van der Waals surface area (Å²) in [6.07, 6.45) is -1.34. The highest BCUT2D eigenvalue weighted by Crippen LogP contribution is 2.03. The van der Waals surface area contributed by atoms with E-state index in [1.807, 2.05) is 0 Å². The van der Waals surface area contributed by atoms with E-state index in [1.54, 1.807) is 0 Å². The summed E-state index contributed by atoms with van der Waals surface area (Å²) in [6, 6.07) is -6.09. The third kappa shape index (κ3) is 12.2. The van der Waals surface area contributed by atoms with Gasteiger partial charge in [0.2, 0.25) is 29.5 Å². The van der Waals surface area contributed by atoms with Crippen molar-refractivity contribution in [3.8, 4) is 0 Å². The number of aliphatic carboxylic acids is 1. The van der Waals surface area contributed by atoms with Gasteiger partial charge in [-0.15, -0.1) is 0 Å². The minimum Gasteiger partial charge on any atom is -0.480 e. The van der Waals surface area contributed by atoms with Gasteiger partial charge in [-0.2, -0.15) is 0 Å². The summed E-state index contributed by atoms with van der Waals surface area (Å²) in [5.74, 6) is -6.79. The fourth-order valence-electron chi connectivity index (χ4n) is 2.49. The summed E-state index contributed by atoms with van der Waals surface area (Å²) < 4.78 is 0. The number of hydrogen-bond acceptors (Lipinski definition) is 9. The Kier molecular flexibility index (Phi) is 13.2. The summed E-state index contributed by atoms with van der Waals surface area (Å²) in [6.45, 7) is -0.670. The molecule has 192 valence electrons. The zero-order valence-corrected chi connectivity index (χ0v) is 18.2. The molecule has 0 aromatic carbocycles. The van der Waals surface area contributed by atoms with Crippen molar-refractivity contribution in [2.24, 2.45) is 33.7 Å². The molecule has 0 radical (unpaired) electrons. The Bertz CT molecular complexity index is 800. The number of carboxylic acid groups (broad SMARTS) is 1. The van der Waals surface area contributed by atoms with Gasteiger partial charge >= 0.3 is 5.97 Å². The Hall–Kier alpha value is -3.99. The Morgan fingerprint density at radius 1 is 0.765 bits per heavy atom. The van der Waals surface area contributed by atoms with Crippen LogP contribution in [0.2, 0.25) is 0 Å². The molecular formula is C17H31N9O8. The molecule has 17 heteroatoms. The number of hydrogen-bond donors (Lipinski definition) is 10. The molecule has 0 spiro atoms. The van der Waals surface area contributed by atoms with Gasteiger partial charge in [0.1, 0.15) is 24.2 Å². The molecule has 15 N–H and O–H groups in total. The Balaban J connectivity index is 5.45. The van der Waals surface area contributed by atoms with Crippen molar-refractivity contribution in [1.82, 2.24) is 16.0 Å². The second-order valence-electron chi connectivity index (χ2n) is 7.10. The number of primary amides is 2. The lowest BCUT2D eigenvalue weighted by atomic mass is 10.1. The maximum absolute atomic E-state index is 12.6. The van der Waals surface area contributed by atoms with E-state index < -0.39 is 79.1 Å². The number of nitrogens with one attached hydrogen (secondary N) is 3. The summed E-state index contributed by atoms with van der Waals surface area (Å²) in [5.41, 5.74) is 25.9. The van der Waals surface area contributed by atoms with Crippen molar-refractivity contribution in [2.75, 3.05) is 13.2 Å². The third-order valence-corrected chi connectivity index (χ3v) is 4.17. The number of guanidine groups is 1. The van der Waals surface area contributed by atoms with E-state index in [1.165, 1.54) is 0 Å². The molecule has 0 heterocycles. The molecular weight excluding hydrogens is 458 g/mol. The van der Waals surface area contributed by atoms with Crippen LogP contribution in [0.25, 0.3) is 0 Å². The summed E-state index contributed by atoms with van der Waals surface area (Å²) in [7, 11) is 0. The average molecular weight is 489 g/mol. The Morgan fingerprint density at radius 2 is 1.21 bits per heavy atom. The van der Waals surface area contributed by atoms with Gasteiger partial charge in [-0.1, -0.05) is 0 Å². The number of aliphatic hydroxyl groups excluding tert-OH is 1. The molecule has 0 bridgehead atoms. The molecule has 4 atom stereocenters. The van der Waals surface area contributed by atoms with Crippen molar-refractivity contribution in [1.29, 1.82) is 0 Å². The van der Waals surface area contributed by atoms with Gasteiger partial charge in [0.15, 0.2) is 5.96 Å². The largest absolute Gasteiger partial charge is 0.480 e. The van der Waals surface area contributed by atoms with E-state index in [0.717, 1.165) is 0 Å². The molecule has 0 aromatic heterocycles. The van der Waals surface area contributed by atoms with Gasteiger partial charge < -0.3 is 54.8 Å². The lowest BCUT2D eigenvalue weighted by Crippen LogP contribution is -2.58. The minimum absolute atomic E-state index is 0.0888. The maximum Gasteiger partial charge on any atom is 0.326 e. The zero-order valence-electron chi connectivity index (χ0n) is 18.2. The molecule has 0 aliphatic carbocycles. The Labute approximate surface area is 193 Å². The first-order chi connectivity index (χ1) is 15.8. The van der Waals surface area contributed by atoms with Crippen molar-refractivity contribution in [2.45, 2.75) is 49.9 Å². The van der Waals surface area contributed by atoms with Crippen molar-refractivity contribution in [3.63, 3.8) is 0 Å². The molecule has 0 rings (SSSR count). The van der Waals surface area contributed by atoms with Crippen LogP contribution in [0.4, 0.5) is 0 Å². The van der Waals surface area contributed by atoms with E-state index in [0.29, 0.717) is 0 Å². The van der Waals surface area contributed by atoms with Crippen LogP contribution in [0.1, 0.15) is 25.7 Å². The van der Waals surface area contributed by atoms with Crippen LogP contribution in [0, 0.1) is 0 Å². The molecule has 0 aromatic rings. The number of carbonyl (C=O) groups excluding carboxylic acids is 5. The van der Waals surface area contributed by atoms with E-state index in [9.17, 15) is 33.9 Å². The zero-order chi connectivity index (χ0) is 26.4. The molecule has 0 aliphatic rings. The fourth-order valence-corrected chi connectivity index (χ4v) is 2.49. The summed E-state index contributed by atoms with van der Waals surface area (Å²) in [5, 5.41) is 24.6. The van der Waals surface area contributed by atoms with Crippen molar-refractivity contribution >= 4 is 41.5 Å². The van der Waals surface area contributed by atoms with E-state index >= 15 is 0 Å². The summed E-state index contributed by atoms with van der Waals surface area (Å²) >= 11 is 0. The van der Waals surface area contributed by atoms with Crippen LogP contribution >= 0.6 is 0 Å². The van der Waals surface area contributed by atoms with E-state index in [-0.39, 0.29) is 25.3 Å². The number of nitrogens with two attached hydrogens (primary N) is 5. The smallest absolute Gasteiger partial charge is 0.326 e. The monoisotopic (exact) mass is 489 g/mol. The van der Waals surface area contributed by atoms with Gasteiger partial charge in [0, 0.05) is 6.54 Å². The SMILES string of the molecule is NC(=O)CC(NC(=O)C(N)CO)C(=O)NC(CC(N)=O)C(=O)NC(CCCN=C(N)N)C(=O)O. The quantitative estimate of drug-likeness (QED) is 0.0551. The number of carboxylic acids is 1. The molecule has 0 saturated heterocycles. The second kappa shape index (κ2) is 15.0. The van der Waals surface area contributed by atoms with Crippen LogP contribution in [-0.2, 0) is 28.8 Å². The normalized spacial score (nSPS) is 13.9. The molecule has 34 heavy (non-hydrogen) atoms. The van der Waals surface area contributed by atoms with Gasteiger partial charge in [-0.25, -0.2) is 4.79 Å². The maximum atomic E-state index is 12.6. The average Bonchev–Trinajstić information content (AvgIpc) is 2.72. The predicted molar refractivity (Wildman–Crippen MR) is 116 cm³/mol. The molecule has 5 amide bonds. The minimum atomic E-state index is -1.65. The number of amides is 5. The molecule has 0 fully saturated rings. The highest BCUT2D eigenvalue weighted by atomic mass is 16.4. The third-order valence-electron chi connectivity index (χ3n) is 4.17. The Morgan fingerprint density at radius 3 is 1.59 bits per heavy atom. The van der Waals surface area contributed by atoms with Gasteiger partial charge in [-0.3, -0.25) is 29.0 Å². The lowest BCUT2D eigenvalue weighted by Gasteiger charge is -2.24. The van der Waals surface area contributed by atoms with Gasteiger partial charge in [-0.05, 0) is 12.8 Å². The first kappa shape index (κ1) is 30.0. The van der Waals surface area contributed by atoms with Gasteiger partial charge in [0.05, 0.1) is 19.4 Å². The summed E-state index contributed by atoms with van der Waals surface area (Å²) in [4.78, 5) is 74.9. The number of rotatable bonds is 16. The highest BCUT2D eigenvalue weighted by molar-refractivity contribution is 5.97. The number of aliphatic imine (C=N–C) groups is 1. The fraction of sp³-hybridized carbons (Fsp3) is 0.588. The van der Waals surface area contributed by atoms with Crippen molar-refractivity contribution < 1.29 is 39.0 Å². The molecule has 0 saturated carbocycles. The molecule has 17 nitrogen and oxygen atoms in total. The first-order valence-electron chi connectivity index (χ1n) is 9.90. The lowest BCUT2D eigenvalue weighted by molar-refractivity contribution is -0.142. The molecule has 4 unspecified atom stereocenters. The second-order valence-corrected chi connectivity index (χ2v) is 7.10. The van der Waals surface area contributed by atoms with Crippen LogP contribution in [-0.4, -0.2) is 89.0 Å². The van der Waals surface area contributed by atoms with E-state index in [4.69, 9.17) is 33.8 Å². The van der Waals surface area contributed by atoms with Crippen molar-refractivity contribution in [3.05, 3.63) is 0 Å². The first-order valence-corrected chi connectivity index (χ1v) is 9.90. The highest BCUT2D eigenvalue weighted by Gasteiger charge is 2.31. The topological polar surface area (TPSA) is 321 Å². The van der Waals surface area contributed by atoms with E-state index in [2.05, 4.69) is 20.9 Å². The van der Waals surface area contributed by atoms with Crippen LogP contribution < -0.4 is 44.6 Å². The predicted octanol–water partition coefficient (Wildman–Crippen LogP) is -6.35. The van der Waals surface area contributed by atoms with Crippen LogP contribution in [0.5, 0.6) is 0 Å². The number of carbonyl (C=O) groups is 6. The van der Waals surface area contributed by atoms with Gasteiger partial charge in [0.25, 0.3) is 0 Å². The van der Waals surface area contributed by atoms with Crippen LogP contribution in [0.3, 0.4) is 0 Å². The standard InChI is InChI=1S/C17H31N9O8/c18-7(6-27)13(30)25-9(4-11(19)28)15(32)26-10(5-12(20)29)14(31)24-8(16(33)34)2-1-3-23-17(21)22/h7-10,27H,1-6,18H2,(H2,19,28)(H2,20,29)(H,24,31)(H,25,30)(H,26,32)(H,33,34)(H4,21,22,23). The number of nitrogens with zero attached hydrogens (tertiary/aromatic N) is 1. The number of aliphatic hydroxyl groups is 1. The van der Waals surface area contributed by atoms with Crippen LogP contribution in [0.15, 0.2) is 4.99 Å².